The number of esters is 1. The van der Waals surface area contributed by atoms with Crippen LogP contribution >= 0.6 is 0 Å². The summed E-state index contributed by atoms with van der Waals surface area (Å²) in [5, 5.41) is 4.96. The third-order valence-corrected chi connectivity index (χ3v) is 3.22. The van der Waals surface area contributed by atoms with Gasteiger partial charge in [-0.25, -0.2) is 22.7 Å². The predicted octanol–water partition coefficient (Wildman–Crippen LogP) is 1.59. The molecule has 0 aliphatic rings. The number of primary sulfonamides is 1. The van der Waals surface area contributed by atoms with Crippen LogP contribution in [0.1, 0.15) is 29.8 Å². The quantitative estimate of drug-likeness (QED) is 0.853. The minimum absolute atomic E-state index is 0.0167. The van der Waals surface area contributed by atoms with E-state index in [1.165, 1.54) is 6.92 Å². The molecule has 0 aliphatic carbocycles. The van der Waals surface area contributed by atoms with E-state index in [1.54, 1.807) is 0 Å². The van der Waals surface area contributed by atoms with E-state index in [4.69, 9.17) is 9.88 Å². The van der Waals surface area contributed by atoms with Crippen LogP contribution in [0.4, 0.5) is 4.39 Å². The molecule has 0 saturated carbocycles. The van der Waals surface area contributed by atoms with Crippen molar-refractivity contribution >= 4 is 16.0 Å². The number of ether oxygens (including phenoxy) is 1. The van der Waals surface area contributed by atoms with E-state index in [9.17, 15) is 17.6 Å². The maximum atomic E-state index is 13.8. The lowest BCUT2D eigenvalue weighted by atomic mass is 10.1. The largest absolute Gasteiger partial charge is 0.462 e. The molecule has 7 heteroatoms. The van der Waals surface area contributed by atoms with Gasteiger partial charge in [0, 0.05) is 0 Å². The van der Waals surface area contributed by atoms with E-state index < -0.39 is 27.4 Å². The van der Waals surface area contributed by atoms with Crippen molar-refractivity contribution in [2.75, 3.05) is 6.61 Å². The number of sulfonamides is 1. The number of hydrogen-bond acceptors (Lipinski definition) is 4. The van der Waals surface area contributed by atoms with E-state index in [0.717, 1.165) is 12.1 Å². The summed E-state index contributed by atoms with van der Waals surface area (Å²) in [5.74, 6) is -1.62. The van der Waals surface area contributed by atoms with E-state index in [-0.39, 0.29) is 23.0 Å². The third-order valence-electron chi connectivity index (χ3n) is 2.32. The Labute approximate surface area is 111 Å². The van der Waals surface area contributed by atoms with Crippen molar-refractivity contribution in [1.29, 1.82) is 0 Å². The van der Waals surface area contributed by atoms with Crippen molar-refractivity contribution in [3.05, 3.63) is 29.1 Å². The van der Waals surface area contributed by atoms with E-state index >= 15 is 0 Å². The Kier molecular flexibility index (Phi) is 4.65. The monoisotopic (exact) mass is 289 g/mol. The fraction of sp³-hybridized carbons (Fsp3) is 0.417. The number of aryl methyl sites for hydroxylation is 1. The number of carbonyl (C=O) groups excluding carboxylic acids is 1. The standard InChI is InChI=1S/C12H16FNO4S/c1-7(2)6-18-12(15)10-5-9(19(14,16)17)4-8(3)11(10)13/h4-5,7H,6H2,1-3H3,(H2,14,16,17). The number of halogens is 1. The highest BCUT2D eigenvalue weighted by Gasteiger charge is 2.20. The van der Waals surface area contributed by atoms with Crippen LogP contribution in [0.15, 0.2) is 17.0 Å². The van der Waals surface area contributed by atoms with Crippen LogP contribution in [0.25, 0.3) is 0 Å². The Morgan fingerprint density at radius 3 is 2.47 bits per heavy atom. The molecule has 0 bridgehead atoms. The van der Waals surface area contributed by atoms with Gasteiger partial charge in [0.15, 0.2) is 0 Å². The number of rotatable bonds is 4. The summed E-state index contributed by atoms with van der Waals surface area (Å²) >= 11 is 0. The first-order chi connectivity index (χ1) is 8.62. The average molecular weight is 289 g/mol. The molecule has 0 fully saturated rings. The molecule has 0 aromatic heterocycles. The molecule has 0 atom stereocenters. The summed E-state index contributed by atoms with van der Waals surface area (Å²) < 4.78 is 41.2. The highest BCUT2D eigenvalue weighted by atomic mass is 32.2. The summed E-state index contributed by atoms with van der Waals surface area (Å²) in [6, 6.07) is 1.96. The third kappa shape index (κ3) is 4.00. The number of nitrogens with two attached hydrogens (primary N) is 1. The smallest absolute Gasteiger partial charge is 0.341 e. The second-order valence-electron chi connectivity index (χ2n) is 4.64. The van der Waals surface area contributed by atoms with E-state index in [1.807, 2.05) is 13.8 Å². The van der Waals surface area contributed by atoms with Crippen molar-refractivity contribution in [1.82, 2.24) is 0 Å². The Hall–Kier alpha value is -1.47. The van der Waals surface area contributed by atoms with Crippen molar-refractivity contribution in [3.63, 3.8) is 0 Å². The van der Waals surface area contributed by atoms with Crippen LogP contribution < -0.4 is 5.14 Å². The van der Waals surface area contributed by atoms with Crippen LogP contribution in [0.2, 0.25) is 0 Å². The predicted molar refractivity (Wildman–Crippen MR) is 67.6 cm³/mol. The molecule has 19 heavy (non-hydrogen) atoms. The number of carbonyl (C=O) groups is 1. The first-order valence-electron chi connectivity index (χ1n) is 5.63. The van der Waals surface area contributed by atoms with Gasteiger partial charge in [0.05, 0.1) is 17.1 Å². The summed E-state index contributed by atoms with van der Waals surface area (Å²) in [4.78, 5) is 11.4. The maximum Gasteiger partial charge on any atom is 0.341 e. The molecule has 106 valence electrons. The molecule has 5 nitrogen and oxygen atoms in total. The fourth-order valence-electron chi connectivity index (χ4n) is 1.37. The van der Waals surface area contributed by atoms with Gasteiger partial charge in [-0.3, -0.25) is 0 Å². The van der Waals surface area contributed by atoms with Crippen LogP contribution in [0.3, 0.4) is 0 Å². The minimum Gasteiger partial charge on any atom is -0.462 e. The molecule has 0 aliphatic heterocycles. The minimum atomic E-state index is -4.00. The van der Waals surface area contributed by atoms with Crippen molar-refractivity contribution in [3.8, 4) is 0 Å². The van der Waals surface area contributed by atoms with Gasteiger partial charge in [-0.2, -0.15) is 0 Å². The molecule has 1 aromatic rings. The maximum absolute atomic E-state index is 13.8. The topological polar surface area (TPSA) is 86.5 Å². The molecule has 0 spiro atoms. The zero-order valence-electron chi connectivity index (χ0n) is 10.9. The van der Waals surface area contributed by atoms with Gasteiger partial charge in [0.25, 0.3) is 0 Å². The SMILES string of the molecule is Cc1cc(S(N)(=O)=O)cc(C(=O)OCC(C)C)c1F. The summed E-state index contributed by atoms with van der Waals surface area (Å²) in [7, 11) is -4.00. The molecular weight excluding hydrogens is 273 g/mol. The lowest BCUT2D eigenvalue weighted by Crippen LogP contribution is -2.16. The fourth-order valence-corrected chi connectivity index (χ4v) is 1.99. The zero-order valence-corrected chi connectivity index (χ0v) is 11.8. The molecular formula is C12H16FNO4S. The first-order valence-corrected chi connectivity index (χ1v) is 7.17. The van der Waals surface area contributed by atoms with Gasteiger partial charge in [-0.05, 0) is 30.5 Å². The summed E-state index contributed by atoms with van der Waals surface area (Å²) in [6.07, 6.45) is 0. The Morgan fingerprint density at radius 2 is 2.00 bits per heavy atom. The van der Waals surface area contributed by atoms with Crippen LogP contribution in [0, 0.1) is 18.7 Å². The molecule has 0 heterocycles. The van der Waals surface area contributed by atoms with Crippen molar-refractivity contribution in [2.45, 2.75) is 25.7 Å². The lowest BCUT2D eigenvalue weighted by molar-refractivity contribution is 0.0453. The first kappa shape index (κ1) is 15.6. The van der Waals surface area contributed by atoms with Gasteiger partial charge >= 0.3 is 5.97 Å². The Bertz CT molecular complexity index is 596. The van der Waals surface area contributed by atoms with Gasteiger partial charge in [0.2, 0.25) is 10.0 Å². The summed E-state index contributed by atoms with van der Waals surface area (Å²) in [5.41, 5.74) is -0.410. The number of benzene rings is 1. The van der Waals surface area contributed by atoms with E-state index in [2.05, 4.69) is 0 Å². The average Bonchev–Trinajstić information content (AvgIpc) is 2.27. The van der Waals surface area contributed by atoms with Crippen LogP contribution in [0.5, 0.6) is 0 Å². The van der Waals surface area contributed by atoms with Gasteiger partial charge in [-0.15, -0.1) is 0 Å². The van der Waals surface area contributed by atoms with Crippen LogP contribution in [-0.4, -0.2) is 21.0 Å². The lowest BCUT2D eigenvalue weighted by Gasteiger charge is -2.10. The Morgan fingerprint density at radius 1 is 1.42 bits per heavy atom. The molecule has 1 aromatic carbocycles. The Balaban J connectivity index is 3.20. The van der Waals surface area contributed by atoms with Gasteiger partial charge < -0.3 is 4.74 Å². The van der Waals surface area contributed by atoms with Gasteiger partial charge in [-0.1, -0.05) is 13.8 Å². The summed E-state index contributed by atoms with van der Waals surface area (Å²) in [6.45, 7) is 5.13. The normalized spacial score (nSPS) is 11.7. The molecule has 0 amide bonds. The number of hydrogen-bond donors (Lipinski definition) is 1. The molecule has 0 radical (unpaired) electrons. The van der Waals surface area contributed by atoms with E-state index in [0.29, 0.717) is 0 Å². The highest BCUT2D eigenvalue weighted by Crippen LogP contribution is 2.19. The molecule has 2 N–H and O–H groups in total. The van der Waals surface area contributed by atoms with Crippen LogP contribution in [-0.2, 0) is 14.8 Å². The zero-order chi connectivity index (χ0) is 14.8. The molecule has 1 rings (SSSR count). The van der Waals surface area contributed by atoms with Crippen molar-refractivity contribution < 1.29 is 22.3 Å². The molecule has 0 saturated heterocycles. The highest BCUT2D eigenvalue weighted by molar-refractivity contribution is 7.89. The van der Waals surface area contributed by atoms with Crippen molar-refractivity contribution in [2.24, 2.45) is 11.1 Å². The van der Waals surface area contributed by atoms with Gasteiger partial charge in [0.1, 0.15) is 5.82 Å². The second kappa shape index (κ2) is 5.66. The second-order valence-corrected chi connectivity index (χ2v) is 6.20. The molecule has 0 unspecified atom stereocenters.